The smallest absolute Gasteiger partial charge is 0.263 e. The van der Waals surface area contributed by atoms with Crippen molar-refractivity contribution >= 4 is 18.8 Å². The fraction of sp³-hybridized carbons (Fsp3) is 0. The Balaban J connectivity index is 2.42. The van der Waals surface area contributed by atoms with Crippen molar-refractivity contribution in [3.8, 4) is 11.1 Å². The van der Waals surface area contributed by atoms with Crippen LogP contribution in [-0.2, 0) is 0 Å². The largest absolute Gasteiger partial charge is 0.332 e. The fourth-order valence-corrected chi connectivity index (χ4v) is 4.66. The van der Waals surface area contributed by atoms with Crippen LogP contribution in [0.1, 0.15) is 0 Å². The van der Waals surface area contributed by atoms with Gasteiger partial charge in [0.25, 0.3) is 8.40 Å². The molecule has 0 fully saturated rings. The van der Waals surface area contributed by atoms with E-state index in [9.17, 15) is 0 Å². The van der Waals surface area contributed by atoms with E-state index in [1.165, 1.54) is 11.1 Å². The molecule has 0 saturated carbocycles. The van der Waals surface area contributed by atoms with E-state index in [1.54, 1.807) is 0 Å². The SMILES string of the molecule is N[Si]1(N)c2ccccc2-c2ccccc21. The van der Waals surface area contributed by atoms with Gasteiger partial charge in [-0.1, -0.05) is 48.5 Å². The van der Waals surface area contributed by atoms with Gasteiger partial charge in [-0.2, -0.15) is 0 Å². The van der Waals surface area contributed by atoms with E-state index in [0.29, 0.717) is 0 Å². The molecule has 2 aromatic carbocycles. The highest BCUT2D eigenvalue weighted by atomic mass is 28.3. The van der Waals surface area contributed by atoms with Crippen LogP contribution in [0.3, 0.4) is 0 Å². The minimum Gasteiger partial charge on any atom is -0.332 e. The van der Waals surface area contributed by atoms with Crippen LogP contribution in [0, 0.1) is 0 Å². The maximum atomic E-state index is 6.32. The molecule has 0 spiro atoms. The van der Waals surface area contributed by atoms with Crippen LogP contribution in [0.2, 0.25) is 0 Å². The van der Waals surface area contributed by atoms with E-state index in [-0.39, 0.29) is 0 Å². The van der Waals surface area contributed by atoms with Crippen molar-refractivity contribution in [2.75, 3.05) is 0 Å². The zero-order chi connectivity index (χ0) is 10.5. The summed E-state index contributed by atoms with van der Waals surface area (Å²) in [5.41, 5.74) is 2.43. The van der Waals surface area contributed by atoms with Gasteiger partial charge >= 0.3 is 0 Å². The lowest BCUT2D eigenvalue weighted by Crippen LogP contribution is -2.71. The molecule has 0 saturated heterocycles. The molecular weight excluding hydrogens is 200 g/mol. The van der Waals surface area contributed by atoms with Gasteiger partial charge < -0.3 is 10.8 Å². The average molecular weight is 212 g/mol. The lowest BCUT2D eigenvalue weighted by Gasteiger charge is -2.16. The Labute approximate surface area is 89.7 Å². The Kier molecular flexibility index (Phi) is 1.65. The van der Waals surface area contributed by atoms with E-state index in [1.807, 2.05) is 24.3 Å². The minimum absolute atomic E-state index is 1.14. The maximum Gasteiger partial charge on any atom is 0.263 e. The number of fused-ring (bicyclic) bond motifs is 3. The first-order valence-electron chi connectivity index (χ1n) is 4.98. The first kappa shape index (κ1) is 8.85. The minimum atomic E-state index is -2.38. The highest BCUT2D eigenvalue weighted by Gasteiger charge is 2.39. The van der Waals surface area contributed by atoms with E-state index in [2.05, 4.69) is 24.3 Å². The molecule has 2 nitrogen and oxygen atoms in total. The third-order valence-electron chi connectivity index (χ3n) is 3.04. The molecule has 1 aliphatic rings. The molecule has 74 valence electrons. The standard InChI is InChI=1S/C12H12N2Si/c13-15(14)11-7-3-1-5-9(11)10-6-2-4-8-12(10)15/h1-8H,13-14H2. The predicted molar refractivity (Wildman–Crippen MR) is 65.3 cm³/mol. The summed E-state index contributed by atoms with van der Waals surface area (Å²) in [7, 11) is -2.38. The molecule has 0 bridgehead atoms. The van der Waals surface area contributed by atoms with Crippen molar-refractivity contribution in [1.29, 1.82) is 0 Å². The van der Waals surface area contributed by atoms with Crippen LogP contribution < -0.4 is 21.2 Å². The van der Waals surface area contributed by atoms with Crippen LogP contribution >= 0.6 is 0 Å². The van der Waals surface area contributed by atoms with Crippen LogP contribution in [0.5, 0.6) is 0 Å². The summed E-state index contributed by atoms with van der Waals surface area (Å²) in [6.07, 6.45) is 0. The van der Waals surface area contributed by atoms with Gasteiger partial charge in [0, 0.05) is 0 Å². The second-order valence-corrected chi connectivity index (χ2v) is 6.78. The van der Waals surface area contributed by atoms with Crippen LogP contribution in [0.4, 0.5) is 0 Å². The zero-order valence-electron chi connectivity index (χ0n) is 8.27. The normalized spacial score (nSPS) is 15.9. The highest BCUT2D eigenvalue weighted by molar-refractivity contribution is 7.01. The Morgan fingerprint density at radius 2 is 1.07 bits per heavy atom. The summed E-state index contributed by atoms with van der Waals surface area (Å²) in [5, 5.41) is 14.9. The summed E-state index contributed by atoms with van der Waals surface area (Å²) in [5.74, 6) is 0. The predicted octanol–water partition coefficient (Wildman–Crippen LogP) is 0.141. The van der Waals surface area contributed by atoms with Crippen LogP contribution in [0.25, 0.3) is 11.1 Å². The second-order valence-electron chi connectivity index (χ2n) is 3.96. The maximum absolute atomic E-state index is 6.32. The van der Waals surface area contributed by atoms with Gasteiger partial charge in [-0.25, -0.2) is 0 Å². The number of rotatable bonds is 0. The number of benzene rings is 2. The molecule has 0 aliphatic carbocycles. The molecule has 0 radical (unpaired) electrons. The second kappa shape index (κ2) is 2.79. The molecule has 2 aromatic rings. The lowest BCUT2D eigenvalue weighted by molar-refractivity contribution is 1.58. The highest BCUT2D eigenvalue weighted by Crippen LogP contribution is 2.22. The molecule has 4 N–H and O–H groups in total. The molecule has 1 aliphatic heterocycles. The Morgan fingerprint density at radius 3 is 1.53 bits per heavy atom. The van der Waals surface area contributed by atoms with Crippen molar-refractivity contribution in [2.24, 2.45) is 10.8 Å². The van der Waals surface area contributed by atoms with Gasteiger partial charge in [0.05, 0.1) is 0 Å². The van der Waals surface area contributed by atoms with E-state index in [4.69, 9.17) is 10.8 Å². The van der Waals surface area contributed by atoms with Gasteiger partial charge in [-0.15, -0.1) is 0 Å². The lowest BCUT2D eigenvalue weighted by atomic mass is 10.1. The monoisotopic (exact) mass is 212 g/mol. The first-order valence-corrected chi connectivity index (χ1v) is 7.14. The van der Waals surface area contributed by atoms with E-state index < -0.39 is 8.40 Å². The topological polar surface area (TPSA) is 52.0 Å². The van der Waals surface area contributed by atoms with Crippen molar-refractivity contribution in [3.63, 3.8) is 0 Å². The summed E-state index contributed by atoms with van der Waals surface area (Å²) in [6, 6.07) is 16.4. The third kappa shape index (κ3) is 1.05. The molecule has 3 heteroatoms. The summed E-state index contributed by atoms with van der Waals surface area (Å²) in [4.78, 5) is 0. The summed E-state index contributed by atoms with van der Waals surface area (Å²) < 4.78 is 0. The number of hydrogen-bond donors (Lipinski definition) is 2. The summed E-state index contributed by atoms with van der Waals surface area (Å²) in [6.45, 7) is 0. The number of nitrogens with two attached hydrogens (primary N) is 2. The van der Waals surface area contributed by atoms with Gasteiger partial charge in [-0.3, -0.25) is 0 Å². The van der Waals surface area contributed by atoms with Gasteiger partial charge in [-0.05, 0) is 21.5 Å². The van der Waals surface area contributed by atoms with Gasteiger partial charge in [0.1, 0.15) is 0 Å². The molecule has 0 unspecified atom stereocenters. The molecular formula is C12H12N2Si. The van der Waals surface area contributed by atoms with E-state index >= 15 is 0 Å². The molecule has 0 atom stereocenters. The average Bonchev–Trinajstić information content (AvgIpc) is 2.51. The van der Waals surface area contributed by atoms with Gasteiger partial charge in [0.2, 0.25) is 0 Å². The fourth-order valence-electron chi connectivity index (χ4n) is 2.30. The Morgan fingerprint density at radius 1 is 0.667 bits per heavy atom. The van der Waals surface area contributed by atoms with Crippen LogP contribution in [0.15, 0.2) is 48.5 Å². The van der Waals surface area contributed by atoms with Gasteiger partial charge in [0.15, 0.2) is 0 Å². The van der Waals surface area contributed by atoms with Crippen molar-refractivity contribution in [3.05, 3.63) is 48.5 Å². The Bertz CT molecular complexity index is 487. The van der Waals surface area contributed by atoms with Crippen molar-refractivity contribution in [2.45, 2.75) is 0 Å². The molecule has 15 heavy (non-hydrogen) atoms. The molecule has 3 rings (SSSR count). The Hall–Kier alpha value is -1.42. The molecule has 0 amide bonds. The zero-order valence-corrected chi connectivity index (χ0v) is 9.27. The first-order chi connectivity index (χ1) is 7.21. The summed E-state index contributed by atoms with van der Waals surface area (Å²) >= 11 is 0. The third-order valence-corrected chi connectivity index (χ3v) is 5.69. The van der Waals surface area contributed by atoms with E-state index in [0.717, 1.165) is 10.4 Å². The van der Waals surface area contributed by atoms with Crippen LogP contribution in [-0.4, -0.2) is 8.40 Å². The quantitative estimate of drug-likeness (QED) is 0.610. The van der Waals surface area contributed by atoms with Crippen molar-refractivity contribution < 1.29 is 0 Å². The number of hydrogen-bond acceptors (Lipinski definition) is 2. The molecule has 0 aromatic heterocycles. The molecule has 1 heterocycles. The van der Waals surface area contributed by atoms with Crippen molar-refractivity contribution in [1.82, 2.24) is 0 Å².